The smallest absolute Gasteiger partial charge is 0.273 e. The molecule has 134 valence electrons. The molecule has 0 spiro atoms. The number of carbonyl (C=O) groups excluding carboxylic acids is 2. The first kappa shape index (κ1) is 17.4. The van der Waals surface area contributed by atoms with Crippen LogP contribution >= 0.6 is 0 Å². The van der Waals surface area contributed by atoms with Crippen LogP contribution < -0.4 is 10.6 Å². The third-order valence-electron chi connectivity index (χ3n) is 3.64. The molecule has 0 radical (unpaired) electrons. The fraction of sp³-hybridized carbons (Fsp3) is 0.222. The molecule has 26 heavy (non-hydrogen) atoms. The van der Waals surface area contributed by atoms with E-state index in [1.165, 1.54) is 12.7 Å². The molecule has 0 atom stereocenters. The lowest BCUT2D eigenvalue weighted by atomic mass is 10.1. The quantitative estimate of drug-likeness (QED) is 0.601. The van der Waals surface area contributed by atoms with Crippen molar-refractivity contribution in [1.29, 1.82) is 0 Å². The van der Waals surface area contributed by atoms with Gasteiger partial charge in [-0.1, -0.05) is 35.5 Å². The Bertz CT molecular complexity index is 843. The zero-order valence-electron chi connectivity index (χ0n) is 14.0. The Morgan fingerprint density at radius 2 is 1.65 bits per heavy atom. The summed E-state index contributed by atoms with van der Waals surface area (Å²) in [5, 5.41) is 9.30. The van der Waals surface area contributed by atoms with Crippen LogP contribution in [0, 0.1) is 0 Å². The lowest BCUT2D eigenvalue weighted by molar-refractivity contribution is 0.0932. The molecule has 0 bridgehead atoms. The molecule has 2 aromatic heterocycles. The molecule has 3 rings (SSSR count). The average molecular weight is 354 g/mol. The normalized spacial score (nSPS) is 10.5. The van der Waals surface area contributed by atoms with Crippen molar-refractivity contribution in [3.05, 3.63) is 60.4 Å². The molecule has 8 heteroatoms. The largest absolute Gasteiger partial charge is 0.451 e. The maximum absolute atomic E-state index is 12.1. The highest BCUT2D eigenvalue weighted by molar-refractivity contribution is 5.93. The minimum atomic E-state index is -0.289. The van der Waals surface area contributed by atoms with Crippen LogP contribution in [0.1, 0.15) is 33.8 Å². The molecule has 2 amide bonds. The second-order valence-corrected chi connectivity index (χ2v) is 5.54. The Hall–Kier alpha value is -3.42. The number of carbonyl (C=O) groups is 2. The first-order valence-corrected chi connectivity index (χ1v) is 8.21. The van der Waals surface area contributed by atoms with Crippen LogP contribution in [0.4, 0.5) is 0 Å². The molecule has 0 aliphatic heterocycles. The van der Waals surface area contributed by atoms with Crippen LogP contribution in [0.3, 0.4) is 0 Å². The molecule has 0 aliphatic rings. The van der Waals surface area contributed by atoms with Crippen LogP contribution in [0.25, 0.3) is 11.3 Å². The van der Waals surface area contributed by atoms with E-state index < -0.39 is 0 Å². The summed E-state index contributed by atoms with van der Waals surface area (Å²) in [7, 11) is 0. The highest BCUT2D eigenvalue weighted by Crippen LogP contribution is 2.19. The first-order valence-electron chi connectivity index (χ1n) is 8.21. The van der Waals surface area contributed by atoms with Crippen molar-refractivity contribution in [3.63, 3.8) is 0 Å². The van der Waals surface area contributed by atoms with Crippen LogP contribution in [-0.2, 0) is 0 Å². The number of aromatic nitrogens is 2. The van der Waals surface area contributed by atoms with Gasteiger partial charge in [0.25, 0.3) is 11.8 Å². The van der Waals surface area contributed by atoms with Crippen molar-refractivity contribution in [2.24, 2.45) is 0 Å². The molecule has 0 saturated carbocycles. The van der Waals surface area contributed by atoms with E-state index in [4.69, 9.17) is 8.94 Å². The summed E-state index contributed by atoms with van der Waals surface area (Å²) in [4.78, 5) is 27.5. The lowest BCUT2D eigenvalue weighted by Crippen LogP contribution is -2.27. The number of hydrogen-bond acceptors (Lipinski definition) is 6. The standard InChI is InChI=1S/C18H18N4O4/c23-17(14-10-16(26-22-14)13-6-2-1-3-7-13)19-8-4-5-9-20-18(24)15-11-25-12-21-15/h1-3,6-7,10-12H,4-5,8-9H2,(H,19,23)(H,20,24). The molecule has 0 aliphatic carbocycles. The van der Waals surface area contributed by atoms with Gasteiger partial charge in [-0.3, -0.25) is 9.59 Å². The Morgan fingerprint density at radius 3 is 2.31 bits per heavy atom. The van der Waals surface area contributed by atoms with Gasteiger partial charge in [-0.2, -0.15) is 0 Å². The van der Waals surface area contributed by atoms with Crippen molar-refractivity contribution >= 4 is 11.8 Å². The summed E-state index contributed by atoms with van der Waals surface area (Å²) in [6, 6.07) is 11.1. The molecule has 2 N–H and O–H groups in total. The molecular formula is C18H18N4O4. The van der Waals surface area contributed by atoms with E-state index in [2.05, 4.69) is 20.8 Å². The SMILES string of the molecule is O=C(NCCCCNC(=O)c1cc(-c2ccccc2)on1)c1cocn1. The number of hydrogen-bond donors (Lipinski definition) is 2. The van der Waals surface area contributed by atoms with E-state index in [-0.39, 0.29) is 23.2 Å². The van der Waals surface area contributed by atoms with Crippen LogP contribution in [0.5, 0.6) is 0 Å². The van der Waals surface area contributed by atoms with Crippen LogP contribution in [-0.4, -0.2) is 35.0 Å². The topological polar surface area (TPSA) is 110 Å². The second-order valence-electron chi connectivity index (χ2n) is 5.54. The Kier molecular flexibility index (Phi) is 5.76. The van der Waals surface area contributed by atoms with E-state index in [9.17, 15) is 9.59 Å². The van der Waals surface area contributed by atoms with E-state index in [0.29, 0.717) is 25.3 Å². The summed E-state index contributed by atoms with van der Waals surface area (Å²) in [5.74, 6) is -0.0206. The molecule has 0 fully saturated rings. The van der Waals surface area contributed by atoms with Gasteiger partial charge in [0.2, 0.25) is 0 Å². The maximum atomic E-state index is 12.1. The van der Waals surface area contributed by atoms with Crippen molar-refractivity contribution < 1.29 is 18.5 Å². The van der Waals surface area contributed by atoms with E-state index in [1.54, 1.807) is 6.07 Å². The molecule has 0 unspecified atom stereocenters. The molecule has 3 aromatic rings. The number of nitrogens with one attached hydrogen (secondary N) is 2. The zero-order chi connectivity index (χ0) is 18.2. The Labute approximate surface area is 149 Å². The van der Waals surface area contributed by atoms with Crippen LogP contribution in [0.15, 0.2) is 58.0 Å². The molecule has 1 aromatic carbocycles. The first-order chi connectivity index (χ1) is 12.7. The minimum absolute atomic E-state index is 0.239. The number of nitrogens with zero attached hydrogens (tertiary/aromatic N) is 2. The van der Waals surface area contributed by atoms with Gasteiger partial charge in [0.1, 0.15) is 6.26 Å². The lowest BCUT2D eigenvalue weighted by Gasteiger charge is -2.04. The van der Waals surface area contributed by atoms with Gasteiger partial charge < -0.3 is 19.6 Å². The van der Waals surface area contributed by atoms with Crippen molar-refractivity contribution in [2.45, 2.75) is 12.8 Å². The summed E-state index contributed by atoms with van der Waals surface area (Å²) in [5.41, 5.74) is 1.35. The molecule has 0 saturated heterocycles. The van der Waals surface area contributed by atoms with Crippen molar-refractivity contribution in [2.75, 3.05) is 13.1 Å². The predicted octanol–water partition coefficient (Wildman–Crippen LogP) is 2.27. The second kappa shape index (κ2) is 8.61. The highest BCUT2D eigenvalue weighted by atomic mass is 16.5. The molecule has 2 heterocycles. The van der Waals surface area contributed by atoms with Gasteiger partial charge in [-0.25, -0.2) is 4.98 Å². The number of unbranched alkanes of at least 4 members (excludes halogenated alkanes) is 1. The third kappa shape index (κ3) is 4.56. The van der Waals surface area contributed by atoms with Crippen molar-refractivity contribution in [3.8, 4) is 11.3 Å². The summed E-state index contributed by atoms with van der Waals surface area (Å²) < 4.78 is 9.95. The summed E-state index contributed by atoms with van der Waals surface area (Å²) in [6.45, 7) is 0.968. The maximum Gasteiger partial charge on any atom is 0.273 e. The fourth-order valence-electron chi connectivity index (χ4n) is 2.28. The van der Waals surface area contributed by atoms with Crippen molar-refractivity contribution in [1.82, 2.24) is 20.8 Å². The van der Waals surface area contributed by atoms with Gasteiger partial charge in [-0.15, -0.1) is 0 Å². The van der Waals surface area contributed by atoms with Gasteiger partial charge in [0, 0.05) is 24.7 Å². The van der Waals surface area contributed by atoms with Crippen LogP contribution in [0.2, 0.25) is 0 Å². The Balaban J connectivity index is 1.36. The van der Waals surface area contributed by atoms with Gasteiger partial charge >= 0.3 is 0 Å². The Morgan fingerprint density at radius 1 is 0.962 bits per heavy atom. The fourth-order valence-corrected chi connectivity index (χ4v) is 2.28. The predicted molar refractivity (Wildman–Crippen MR) is 92.3 cm³/mol. The van der Waals surface area contributed by atoms with Gasteiger partial charge in [0.15, 0.2) is 23.5 Å². The van der Waals surface area contributed by atoms with E-state index >= 15 is 0 Å². The monoisotopic (exact) mass is 354 g/mol. The number of benzene rings is 1. The molecule has 8 nitrogen and oxygen atoms in total. The van der Waals surface area contributed by atoms with E-state index in [0.717, 1.165) is 12.0 Å². The average Bonchev–Trinajstić information content (AvgIpc) is 3.37. The summed E-state index contributed by atoms with van der Waals surface area (Å²) in [6.07, 6.45) is 3.93. The number of rotatable bonds is 8. The zero-order valence-corrected chi connectivity index (χ0v) is 14.0. The third-order valence-corrected chi connectivity index (χ3v) is 3.64. The summed E-state index contributed by atoms with van der Waals surface area (Å²) >= 11 is 0. The minimum Gasteiger partial charge on any atom is -0.451 e. The highest BCUT2D eigenvalue weighted by Gasteiger charge is 2.13. The van der Waals surface area contributed by atoms with Gasteiger partial charge in [-0.05, 0) is 12.8 Å². The van der Waals surface area contributed by atoms with Gasteiger partial charge in [0.05, 0.1) is 0 Å². The number of amides is 2. The molecular weight excluding hydrogens is 336 g/mol. The van der Waals surface area contributed by atoms with E-state index in [1.807, 2.05) is 30.3 Å². The number of oxazole rings is 1.